The minimum atomic E-state index is 0.252. The van der Waals surface area contributed by atoms with Gasteiger partial charge >= 0.3 is 0 Å². The van der Waals surface area contributed by atoms with Crippen LogP contribution in [0.25, 0.3) is 5.57 Å². The van der Waals surface area contributed by atoms with Gasteiger partial charge in [-0.15, -0.1) is 0 Å². The first-order chi connectivity index (χ1) is 7.25. The average molecular weight is 198 g/mol. The van der Waals surface area contributed by atoms with Crippen LogP contribution in [0.2, 0.25) is 0 Å². The SMILES string of the molecule is C/C(=C/C1=CC(=O)CC1)c1ccccc1. The van der Waals surface area contributed by atoms with E-state index in [1.165, 1.54) is 11.1 Å². The molecule has 0 N–H and O–H groups in total. The fourth-order valence-corrected chi connectivity index (χ4v) is 1.79. The van der Waals surface area contributed by atoms with Crippen molar-refractivity contribution >= 4 is 11.4 Å². The zero-order chi connectivity index (χ0) is 10.7. The molecule has 1 aliphatic carbocycles. The van der Waals surface area contributed by atoms with Crippen molar-refractivity contribution in [1.29, 1.82) is 0 Å². The standard InChI is InChI=1S/C14H14O/c1-11(13-5-3-2-4-6-13)9-12-7-8-14(15)10-12/h2-6,9-10H,7-8H2,1H3/b11-9-. The van der Waals surface area contributed by atoms with Gasteiger partial charge in [0.2, 0.25) is 0 Å². The highest BCUT2D eigenvalue weighted by atomic mass is 16.1. The lowest BCUT2D eigenvalue weighted by atomic mass is 10.0. The van der Waals surface area contributed by atoms with Gasteiger partial charge in [0.1, 0.15) is 0 Å². The number of benzene rings is 1. The molecule has 76 valence electrons. The molecule has 0 spiro atoms. The Morgan fingerprint density at radius 3 is 2.53 bits per heavy atom. The van der Waals surface area contributed by atoms with Crippen LogP contribution < -0.4 is 0 Å². The number of hydrogen-bond donors (Lipinski definition) is 0. The van der Waals surface area contributed by atoms with Crippen LogP contribution in [0.3, 0.4) is 0 Å². The van der Waals surface area contributed by atoms with E-state index in [-0.39, 0.29) is 5.78 Å². The second kappa shape index (κ2) is 4.26. The molecule has 0 atom stereocenters. The third-order valence-corrected chi connectivity index (χ3v) is 2.64. The van der Waals surface area contributed by atoms with E-state index in [4.69, 9.17) is 0 Å². The summed E-state index contributed by atoms with van der Waals surface area (Å²) in [6.45, 7) is 2.08. The summed E-state index contributed by atoms with van der Waals surface area (Å²) < 4.78 is 0. The van der Waals surface area contributed by atoms with Gasteiger partial charge in [0, 0.05) is 6.42 Å². The molecule has 0 aromatic heterocycles. The molecule has 1 aromatic rings. The van der Waals surface area contributed by atoms with E-state index in [0.717, 1.165) is 12.0 Å². The second-order valence-electron chi connectivity index (χ2n) is 3.88. The lowest BCUT2D eigenvalue weighted by Gasteiger charge is -2.01. The Hall–Kier alpha value is -1.63. The lowest BCUT2D eigenvalue weighted by molar-refractivity contribution is -0.114. The van der Waals surface area contributed by atoms with Crippen molar-refractivity contribution in [3.63, 3.8) is 0 Å². The Balaban J connectivity index is 2.21. The summed E-state index contributed by atoms with van der Waals surface area (Å²) in [4.78, 5) is 11.1. The molecule has 0 fully saturated rings. The summed E-state index contributed by atoms with van der Waals surface area (Å²) in [7, 11) is 0. The molecular weight excluding hydrogens is 184 g/mol. The number of rotatable bonds is 2. The van der Waals surface area contributed by atoms with Crippen molar-refractivity contribution in [3.05, 3.63) is 53.6 Å². The molecule has 0 amide bonds. The quantitative estimate of drug-likeness (QED) is 0.712. The van der Waals surface area contributed by atoms with Crippen LogP contribution in [0.5, 0.6) is 0 Å². The van der Waals surface area contributed by atoms with Crippen molar-refractivity contribution in [2.24, 2.45) is 0 Å². The summed E-state index contributed by atoms with van der Waals surface area (Å²) in [6, 6.07) is 10.2. The van der Waals surface area contributed by atoms with Gasteiger partial charge in [-0.1, -0.05) is 36.4 Å². The smallest absolute Gasteiger partial charge is 0.156 e. The summed E-state index contributed by atoms with van der Waals surface area (Å²) in [5, 5.41) is 0. The molecule has 1 aromatic carbocycles. The second-order valence-corrected chi connectivity index (χ2v) is 3.88. The molecule has 0 bridgehead atoms. The topological polar surface area (TPSA) is 17.1 Å². The maximum absolute atomic E-state index is 11.1. The Kier molecular flexibility index (Phi) is 2.82. The Bertz CT molecular complexity index is 424. The first-order valence-electron chi connectivity index (χ1n) is 5.23. The van der Waals surface area contributed by atoms with Crippen molar-refractivity contribution in [2.75, 3.05) is 0 Å². The van der Waals surface area contributed by atoms with E-state index in [0.29, 0.717) is 6.42 Å². The maximum atomic E-state index is 11.1. The molecule has 0 unspecified atom stereocenters. The predicted octanol–water partition coefficient (Wildman–Crippen LogP) is 3.38. The van der Waals surface area contributed by atoms with E-state index in [1.807, 2.05) is 18.2 Å². The van der Waals surface area contributed by atoms with Crippen molar-refractivity contribution in [3.8, 4) is 0 Å². The minimum Gasteiger partial charge on any atom is -0.295 e. The van der Waals surface area contributed by atoms with Gasteiger partial charge in [-0.2, -0.15) is 0 Å². The van der Waals surface area contributed by atoms with Crippen LogP contribution in [-0.4, -0.2) is 5.78 Å². The molecule has 0 aliphatic heterocycles. The minimum absolute atomic E-state index is 0.252. The van der Waals surface area contributed by atoms with E-state index < -0.39 is 0 Å². The van der Waals surface area contributed by atoms with Gasteiger partial charge in [0.25, 0.3) is 0 Å². The third kappa shape index (κ3) is 2.44. The summed E-state index contributed by atoms with van der Waals surface area (Å²) in [5.74, 6) is 0.252. The van der Waals surface area contributed by atoms with Crippen molar-refractivity contribution < 1.29 is 4.79 Å². The van der Waals surface area contributed by atoms with Gasteiger partial charge in [-0.25, -0.2) is 0 Å². The van der Waals surface area contributed by atoms with Crippen LogP contribution in [0.15, 0.2) is 48.1 Å². The number of hydrogen-bond acceptors (Lipinski definition) is 1. The highest BCUT2D eigenvalue weighted by Gasteiger charge is 2.09. The fraction of sp³-hybridized carbons (Fsp3) is 0.214. The van der Waals surface area contributed by atoms with Gasteiger partial charge < -0.3 is 0 Å². The first-order valence-corrected chi connectivity index (χ1v) is 5.23. The Morgan fingerprint density at radius 1 is 1.20 bits per heavy atom. The average Bonchev–Trinajstić information content (AvgIpc) is 2.65. The van der Waals surface area contributed by atoms with Crippen molar-refractivity contribution in [1.82, 2.24) is 0 Å². The van der Waals surface area contributed by atoms with Gasteiger partial charge in [0.05, 0.1) is 0 Å². The molecular formula is C14H14O. The molecule has 2 rings (SSSR count). The number of carbonyl (C=O) groups excluding carboxylic acids is 1. The molecule has 1 aliphatic rings. The Morgan fingerprint density at radius 2 is 1.93 bits per heavy atom. The highest BCUT2D eigenvalue weighted by molar-refractivity contribution is 5.94. The summed E-state index contributed by atoms with van der Waals surface area (Å²) >= 11 is 0. The zero-order valence-electron chi connectivity index (χ0n) is 8.86. The van der Waals surface area contributed by atoms with Crippen LogP contribution in [-0.2, 0) is 4.79 Å². The summed E-state index contributed by atoms with van der Waals surface area (Å²) in [6.07, 6.45) is 5.43. The largest absolute Gasteiger partial charge is 0.295 e. The lowest BCUT2D eigenvalue weighted by Crippen LogP contribution is -1.80. The van der Waals surface area contributed by atoms with Crippen LogP contribution in [0.1, 0.15) is 25.3 Å². The molecule has 0 saturated heterocycles. The predicted molar refractivity (Wildman–Crippen MR) is 62.4 cm³/mol. The van der Waals surface area contributed by atoms with Gasteiger partial charge in [0.15, 0.2) is 5.78 Å². The highest BCUT2D eigenvalue weighted by Crippen LogP contribution is 2.21. The van der Waals surface area contributed by atoms with E-state index in [1.54, 1.807) is 6.08 Å². The number of ketones is 1. The fourth-order valence-electron chi connectivity index (χ4n) is 1.79. The normalized spacial score (nSPS) is 16.7. The molecule has 0 saturated carbocycles. The molecule has 15 heavy (non-hydrogen) atoms. The number of carbonyl (C=O) groups is 1. The number of allylic oxidation sites excluding steroid dienone is 4. The van der Waals surface area contributed by atoms with Gasteiger partial charge in [-0.3, -0.25) is 4.79 Å². The summed E-state index contributed by atoms with van der Waals surface area (Å²) in [5.41, 5.74) is 3.59. The molecule has 1 nitrogen and oxygen atoms in total. The molecule has 0 radical (unpaired) electrons. The Labute approximate surface area is 90.1 Å². The third-order valence-electron chi connectivity index (χ3n) is 2.64. The van der Waals surface area contributed by atoms with E-state index >= 15 is 0 Å². The monoisotopic (exact) mass is 198 g/mol. The van der Waals surface area contributed by atoms with Crippen LogP contribution in [0.4, 0.5) is 0 Å². The van der Waals surface area contributed by atoms with Gasteiger partial charge in [-0.05, 0) is 36.1 Å². The van der Waals surface area contributed by atoms with Crippen molar-refractivity contribution in [2.45, 2.75) is 19.8 Å². The molecule has 1 heteroatoms. The first kappa shape index (κ1) is 9.91. The van der Waals surface area contributed by atoms with E-state index in [9.17, 15) is 4.79 Å². The zero-order valence-corrected chi connectivity index (χ0v) is 8.86. The molecule has 0 heterocycles. The van der Waals surface area contributed by atoms with E-state index in [2.05, 4.69) is 25.1 Å². The van der Waals surface area contributed by atoms with Crippen LogP contribution >= 0.6 is 0 Å². The van der Waals surface area contributed by atoms with Crippen LogP contribution in [0, 0.1) is 0 Å². The maximum Gasteiger partial charge on any atom is 0.156 e.